The summed E-state index contributed by atoms with van der Waals surface area (Å²) in [6.07, 6.45) is 5.22. The van der Waals surface area contributed by atoms with Crippen LogP contribution in [0, 0.1) is 0 Å². The summed E-state index contributed by atoms with van der Waals surface area (Å²) >= 11 is 6.43. The molecule has 0 saturated carbocycles. The molecule has 0 fully saturated rings. The Morgan fingerprint density at radius 3 is 2.73 bits per heavy atom. The highest BCUT2D eigenvalue weighted by atomic mass is 35.5. The minimum atomic E-state index is 0.258. The van der Waals surface area contributed by atoms with Gasteiger partial charge < -0.3 is 15.0 Å². The van der Waals surface area contributed by atoms with E-state index in [1.807, 2.05) is 60.9 Å². The van der Waals surface area contributed by atoms with Crippen LogP contribution in [0.2, 0.25) is 5.02 Å². The predicted molar refractivity (Wildman–Crippen MR) is 91.1 cm³/mol. The topological polar surface area (TPSA) is 24.5 Å². The maximum absolute atomic E-state index is 6.43. The standard InChI is InChI=1S/C18H19ClN2O/c1-2-18-20-10-11-21(18)17-9-8-15(12-16(17)19)22-13-14-6-4-3-5-7-14/h3-12,18,20H,2,13H2,1H3. The normalized spacial score (nSPS) is 16.6. The lowest BCUT2D eigenvalue weighted by molar-refractivity contribution is 0.306. The number of halogens is 1. The quantitative estimate of drug-likeness (QED) is 0.877. The van der Waals surface area contributed by atoms with E-state index in [2.05, 4.69) is 17.1 Å². The summed E-state index contributed by atoms with van der Waals surface area (Å²) in [5.74, 6) is 0.779. The van der Waals surface area contributed by atoms with Gasteiger partial charge >= 0.3 is 0 Å². The molecule has 4 heteroatoms. The van der Waals surface area contributed by atoms with Crippen molar-refractivity contribution in [1.82, 2.24) is 5.32 Å². The van der Waals surface area contributed by atoms with Crippen molar-refractivity contribution in [1.29, 1.82) is 0 Å². The van der Waals surface area contributed by atoms with Crippen molar-refractivity contribution in [3.63, 3.8) is 0 Å². The highest BCUT2D eigenvalue weighted by molar-refractivity contribution is 6.33. The molecule has 0 spiro atoms. The first-order chi connectivity index (χ1) is 10.8. The third-order valence-electron chi connectivity index (χ3n) is 3.69. The van der Waals surface area contributed by atoms with Gasteiger partial charge in [0.15, 0.2) is 0 Å². The predicted octanol–water partition coefficient (Wildman–Crippen LogP) is 4.54. The molecule has 1 atom stereocenters. The molecule has 3 rings (SSSR count). The zero-order chi connectivity index (χ0) is 15.4. The molecule has 3 nitrogen and oxygen atoms in total. The molecule has 1 unspecified atom stereocenters. The first-order valence-corrected chi connectivity index (χ1v) is 7.83. The lowest BCUT2D eigenvalue weighted by atomic mass is 10.2. The van der Waals surface area contributed by atoms with Crippen LogP contribution in [0.5, 0.6) is 5.75 Å². The summed E-state index contributed by atoms with van der Waals surface area (Å²) in [5.41, 5.74) is 2.13. The number of anilines is 1. The van der Waals surface area contributed by atoms with Gasteiger partial charge in [-0.05, 0) is 24.1 Å². The van der Waals surface area contributed by atoms with E-state index in [1.54, 1.807) is 0 Å². The SMILES string of the molecule is CCC1NC=CN1c1ccc(OCc2ccccc2)cc1Cl. The molecule has 2 aromatic rings. The average molecular weight is 315 g/mol. The van der Waals surface area contributed by atoms with E-state index >= 15 is 0 Å². The molecule has 0 bridgehead atoms. The Morgan fingerprint density at radius 2 is 2.00 bits per heavy atom. The van der Waals surface area contributed by atoms with Gasteiger partial charge in [0.25, 0.3) is 0 Å². The van der Waals surface area contributed by atoms with Crippen LogP contribution in [-0.4, -0.2) is 6.17 Å². The molecule has 0 amide bonds. The molecule has 1 aliphatic heterocycles. The van der Waals surface area contributed by atoms with Crippen molar-refractivity contribution in [2.75, 3.05) is 4.90 Å². The van der Waals surface area contributed by atoms with Gasteiger partial charge in [-0.2, -0.15) is 0 Å². The minimum absolute atomic E-state index is 0.258. The van der Waals surface area contributed by atoms with Gasteiger partial charge in [-0.1, -0.05) is 48.9 Å². The fourth-order valence-corrected chi connectivity index (χ4v) is 2.78. The van der Waals surface area contributed by atoms with Gasteiger partial charge in [-0.25, -0.2) is 0 Å². The van der Waals surface area contributed by atoms with Crippen LogP contribution in [0.4, 0.5) is 5.69 Å². The van der Waals surface area contributed by atoms with Crippen LogP contribution in [0.1, 0.15) is 18.9 Å². The Bertz CT molecular complexity index is 657. The zero-order valence-corrected chi connectivity index (χ0v) is 13.3. The van der Waals surface area contributed by atoms with E-state index in [-0.39, 0.29) is 6.17 Å². The Balaban J connectivity index is 1.71. The molecular formula is C18H19ClN2O. The molecule has 0 aromatic heterocycles. The van der Waals surface area contributed by atoms with Crippen molar-refractivity contribution in [2.24, 2.45) is 0 Å². The number of hydrogen-bond acceptors (Lipinski definition) is 3. The number of benzene rings is 2. The van der Waals surface area contributed by atoms with E-state index in [9.17, 15) is 0 Å². The number of rotatable bonds is 5. The second kappa shape index (κ2) is 6.75. The molecule has 0 aliphatic carbocycles. The number of nitrogens with zero attached hydrogens (tertiary/aromatic N) is 1. The van der Waals surface area contributed by atoms with E-state index in [0.29, 0.717) is 11.6 Å². The molecule has 2 aromatic carbocycles. The van der Waals surface area contributed by atoms with Crippen LogP contribution in [0.3, 0.4) is 0 Å². The maximum Gasteiger partial charge on any atom is 0.121 e. The molecule has 114 valence electrons. The second-order valence-corrected chi connectivity index (χ2v) is 5.61. The first kappa shape index (κ1) is 14.8. The van der Waals surface area contributed by atoms with Gasteiger partial charge in [-0.3, -0.25) is 0 Å². The van der Waals surface area contributed by atoms with Crippen LogP contribution < -0.4 is 15.0 Å². The molecule has 22 heavy (non-hydrogen) atoms. The van der Waals surface area contributed by atoms with Crippen molar-refractivity contribution >= 4 is 17.3 Å². The Kier molecular flexibility index (Phi) is 4.54. The fraction of sp³-hybridized carbons (Fsp3) is 0.222. The van der Waals surface area contributed by atoms with Crippen LogP contribution >= 0.6 is 11.6 Å². The molecule has 1 N–H and O–H groups in total. The lowest BCUT2D eigenvalue weighted by Gasteiger charge is -2.25. The summed E-state index contributed by atoms with van der Waals surface area (Å²) in [6.45, 7) is 2.68. The second-order valence-electron chi connectivity index (χ2n) is 5.20. The Morgan fingerprint density at radius 1 is 1.18 bits per heavy atom. The van der Waals surface area contributed by atoms with Crippen LogP contribution in [-0.2, 0) is 6.61 Å². The number of ether oxygens (including phenoxy) is 1. The van der Waals surface area contributed by atoms with Gasteiger partial charge in [0, 0.05) is 18.5 Å². The van der Waals surface area contributed by atoms with Crippen molar-refractivity contribution in [3.05, 3.63) is 71.5 Å². The Labute approximate surface area is 136 Å². The third-order valence-corrected chi connectivity index (χ3v) is 3.99. The van der Waals surface area contributed by atoms with Gasteiger partial charge in [0.05, 0.1) is 10.7 Å². The third kappa shape index (κ3) is 3.20. The fourth-order valence-electron chi connectivity index (χ4n) is 2.51. The molecular weight excluding hydrogens is 296 g/mol. The average Bonchev–Trinajstić information content (AvgIpc) is 3.02. The van der Waals surface area contributed by atoms with E-state index in [0.717, 1.165) is 23.4 Å². The van der Waals surface area contributed by atoms with E-state index in [4.69, 9.17) is 16.3 Å². The van der Waals surface area contributed by atoms with Crippen molar-refractivity contribution < 1.29 is 4.74 Å². The van der Waals surface area contributed by atoms with E-state index in [1.165, 1.54) is 0 Å². The summed E-state index contributed by atoms with van der Waals surface area (Å²) in [6, 6.07) is 15.9. The minimum Gasteiger partial charge on any atom is -0.489 e. The number of nitrogens with one attached hydrogen (secondary N) is 1. The maximum atomic E-state index is 6.43. The molecule has 0 saturated heterocycles. The van der Waals surface area contributed by atoms with E-state index < -0.39 is 0 Å². The summed E-state index contributed by atoms with van der Waals surface area (Å²) in [7, 11) is 0. The molecule has 1 heterocycles. The summed E-state index contributed by atoms with van der Waals surface area (Å²) in [4.78, 5) is 2.14. The highest BCUT2D eigenvalue weighted by Gasteiger charge is 2.20. The summed E-state index contributed by atoms with van der Waals surface area (Å²) in [5, 5.41) is 3.99. The monoisotopic (exact) mass is 314 g/mol. The van der Waals surface area contributed by atoms with Crippen LogP contribution in [0.15, 0.2) is 60.9 Å². The summed E-state index contributed by atoms with van der Waals surface area (Å²) < 4.78 is 5.81. The Hall–Kier alpha value is -2.13. The van der Waals surface area contributed by atoms with Crippen molar-refractivity contribution in [2.45, 2.75) is 26.1 Å². The van der Waals surface area contributed by atoms with Crippen LogP contribution in [0.25, 0.3) is 0 Å². The molecule has 0 radical (unpaired) electrons. The molecule has 1 aliphatic rings. The highest BCUT2D eigenvalue weighted by Crippen LogP contribution is 2.32. The lowest BCUT2D eigenvalue weighted by Crippen LogP contribution is -2.34. The van der Waals surface area contributed by atoms with Crippen molar-refractivity contribution in [3.8, 4) is 5.75 Å². The zero-order valence-electron chi connectivity index (χ0n) is 12.5. The van der Waals surface area contributed by atoms with Gasteiger partial charge in [0.2, 0.25) is 0 Å². The number of hydrogen-bond donors (Lipinski definition) is 1. The van der Waals surface area contributed by atoms with Gasteiger partial charge in [0.1, 0.15) is 18.5 Å². The van der Waals surface area contributed by atoms with Gasteiger partial charge in [-0.15, -0.1) is 0 Å². The first-order valence-electron chi connectivity index (χ1n) is 7.45. The largest absolute Gasteiger partial charge is 0.489 e. The smallest absolute Gasteiger partial charge is 0.121 e.